The predicted octanol–water partition coefficient (Wildman–Crippen LogP) is 17.5. The number of esters is 1. The smallest absolute Gasteiger partial charge is 0.305 e. The van der Waals surface area contributed by atoms with E-state index >= 15 is 0 Å². The zero-order chi connectivity index (χ0) is 46.5. The van der Waals surface area contributed by atoms with Crippen LogP contribution in [0.15, 0.2) is 24.3 Å². The van der Waals surface area contributed by atoms with Gasteiger partial charge in [-0.05, 0) is 57.8 Å². The highest BCUT2D eigenvalue weighted by atomic mass is 16.5. The van der Waals surface area contributed by atoms with Gasteiger partial charge in [-0.15, -0.1) is 0 Å². The number of carbonyl (C=O) groups excluding carboxylic acids is 2. The first kappa shape index (κ1) is 62.3. The van der Waals surface area contributed by atoms with Gasteiger partial charge in [-0.2, -0.15) is 0 Å². The molecule has 6 nitrogen and oxygen atoms in total. The van der Waals surface area contributed by atoms with E-state index in [2.05, 4.69) is 31.3 Å². The number of hydrogen-bond acceptors (Lipinski definition) is 5. The molecule has 0 aliphatic heterocycles. The molecule has 2 unspecified atom stereocenters. The SMILES string of the molecule is CCCCCCCC/C=C\CCCCCCCC(=O)OCCCCCCCCCCCCCCCCCCCC(=O)NC(CO)C(O)/C=C/CCCCCCCCCCCCCCC. The number of aliphatic hydroxyl groups excluding tert-OH is 2. The lowest BCUT2D eigenvalue weighted by Crippen LogP contribution is -2.45. The monoisotopic (exact) mass is 902 g/mol. The first-order valence-corrected chi connectivity index (χ1v) is 28.6. The topological polar surface area (TPSA) is 95.9 Å². The highest BCUT2D eigenvalue weighted by molar-refractivity contribution is 5.76. The van der Waals surface area contributed by atoms with Gasteiger partial charge in [0.05, 0.1) is 25.4 Å². The van der Waals surface area contributed by atoms with Gasteiger partial charge in [0, 0.05) is 12.8 Å². The number of nitrogens with one attached hydrogen (secondary N) is 1. The summed E-state index contributed by atoms with van der Waals surface area (Å²) in [6.45, 7) is 4.89. The molecular weight excluding hydrogens is 791 g/mol. The van der Waals surface area contributed by atoms with Crippen LogP contribution in [0.2, 0.25) is 0 Å². The van der Waals surface area contributed by atoms with Crippen molar-refractivity contribution in [2.45, 2.75) is 321 Å². The van der Waals surface area contributed by atoms with E-state index < -0.39 is 12.1 Å². The number of allylic oxidation sites excluding steroid dienone is 3. The largest absolute Gasteiger partial charge is 0.466 e. The molecule has 0 spiro atoms. The van der Waals surface area contributed by atoms with Crippen LogP contribution in [0.1, 0.15) is 309 Å². The van der Waals surface area contributed by atoms with E-state index in [0.717, 1.165) is 44.9 Å². The average molecular weight is 903 g/mol. The summed E-state index contributed by atoms with van der Waals surface area (Å²) in [5.74, 6) is -0.0757. The van der Waals surface area contributed by atoms with Crippen molar-refractivity contribution in [1.29, 1.82) is 0 Å². The van der Waals surface area contributed by atoms with E-state index in [1.165, 1.54) is 238 Å². The van der Waals surface area contributed by atoms with Crippen molar-refractivity contribution in [3.63, 3.8) is 0 Å². The number of unbranched alkanes of at least 4 members (excludes halogenated alkanes) is 40. The van der Waals surface area contributed by atoms with Crippen LogP contribution in [0.3, 0.4) is 0 Å². The Bertz CT molecular complexity index is 997. The van der Waals surface area contributed by atoms with Gasteiger partial charge in [0.15, 0.2) is 0 Å². The van der Waals surface area contributed by atoms with E-state index in [1.54, 1.807) is 6.08 Å². The van der Waals surface area contributed by atoms with Gasteiger partial charge in [0.25, 0.3) is 0 Å². The van der Waals surface area contributed by atoms with E-state index in [0.29, 0.717) is 19.4 Å². The van der Waals surface area contributed by atoms with E-state index in [-0.39, 0.29) is 18.5 Å². The molecule has 0 radical (unpaired) electrons. The zero-order valence-corrected chi connectivity index (χ0v) is 43.0. The van der Waals surface area contributed by atoms with Crippen molar-refractivity contribution in [2.75, 3.05) is 13.2 Å². The summed E-state index contributed by atoms with van der Waals surface area (Å²) in [5, 5.41) is 23.1. The van der Waals surface area contributed by atoms with Crippen molar-refractivity contribution in [3.8, 4) is 0 Å². The first-order chi connectivity index (χ1) is 31.5. The minimum absolute atomic E-state index is 0.00336. The third-order valence-corrected chi connectivity index (χ3v) is 13.2. The molecule has 0 bridgehead atoms. The summed E-state index contributed by atoms with van der Waals surface area (Å²) < 4.78 is 5.47. The van der Waals surface area contributed by atoms with Crippen molar-refractivity contribution in [1.82, 2.24) is 5.32 Å². The minimum atomic E-state index is -0.847. The molecule has 0 aromatic carbocycles. The second kappa shape index (κ2) is 54.0. The maximum atomic E-state index is 12.4. The molecule has 0 aliphatic rings. The number of carbonyl (C=O) groups is 2. The quantitative estimate of drug-likeness (QED) is 0.0321. The first-order valence-electron chi connectivity index (χ1n) is 28.6. The van der Waals surface area contributed by atoms with Gasteiger partial charge >= 0.3 is 5.97 Å². The van der Waals surface area contributed by atoms with Crippen LogP contribution in [0.4, 0.5) is 0 Å². The number of aliphatic hydroxyl groups is 2. The van der Waals surface area contributed by atoms with E-state index in [1.807, 2.05) is 6.08 Å². The van der Waals surface area contributed by atoms with Crippen LogP contribution in [-0.4, -0.2) is 47.4 Å². The molecule has 0 fully saturated rings. The molecule has 3 N–H and O–H groups in total. The molecule has 0 aromatic heterocycles. The fraction of sp³-hybridized carbons (Fsp3) is 0.897. The third kappa shape index (κ3) is 49.8. The highest BCUT2D eigenvalue weighted by Gasteiger charge is 2.18. The number of hydrogen-bond donors (Lipinski definition) is 3. The molecule has 1 amide bonds. The summed E-state index contributed by atoms with van der Waals surface area (Å²) >= 11 is 0. The number of ether oxygens (including phenoxy) is 1. The fourth-order valence-corrected chi connectivity index (χ4v) is 8.81. The van der Waals surface area contributed by atoms with Gasteiger partial charge in [-0.25, -0.2) is 0 Å². The summed E-state index contributed by atoms with van der Waals surface area (Å²) in [6.07, 6.45) is 64.8. The minimum Gasteiger partial charge on any atom is -0.466 e. The molecule has 6 heteroatoms. The molecule has 0 heterocycles. The number of rotatable bonds is 53. The fourth-order valence-electron chi connectivity index (χ4n) is 8.81. The predicted molar refractivity (Wildman–Crippen MR) is 278 cm³/mol. The Morgan fingerprint density at radius 1 is 0.422 bits per heavy atom. The summed E-state index contributed by atoms with van der Waals surface area (Å²) in [5.41, 5.74) is 0. The molecule has 0 aromatic rings. The van der Waals surface area contributed by atoms with Gasteiger partial charge in [-0.3, -0.25) is 9.59 Å². The van der Waals surface area contributed by atoms with Crippen LogP contribution < -0.4 is 5.32 Å². The standard InChI is InChI=1S/C58H111NO5/c1-3-5-7-9-11-13-15-17-22-26-30-34-38-42-46-50-56(61)55(54-60)59-57(62)51-47-43-39-35-31-27-24-20-19-21-25-29-33-37-41-45-49-53-64-58(63)52-48-44-40-36-32-28-23-18-16-14-12-10-8-6-4-2/h18,23,46,50,55-56,60-61H,3-17,19-22,24-45,47-49,51-54H2,1-2H3,(H,59,62)/b23-18-,50-46+. The van der Waals surface area contributed by atoms with Crippen LogP contribution in [0, 0.1) is 0 Å². The van der Waals surface area contributed by atoms with Gasteiger partial charge in [-0.1, -0.05) is 263 Å². The zero-order valence-electron chi connectivity index (χ0n) is 43.0. The highest BCUT2D eigenvalue weighted by Crippen LogP contribution is 2.17. The van der Waals surface area contributed by atoms with E-state index in [9.17, 15) is 19.8 Å². The summed E-state index contributed by atoms with van der Waals surface area (Å²) in [6, 6.07) is -0.631. The lowest BCUT2D eigenvalue weighted by molar-refractivity contribution is -0.143. The molecule has 0 saturated carbocycles. The van der Waals surface area contributed by atoms with Crippen molar-refractivity contribution >= 4 is 11.9 Å². The van der Waals surface area contributed by atoms with Gasteiger partial charge in [0.1, 0.15) is 0 Å². The molecule has 2 atom stereocenters. The van der Waals surface area contributed by atoms with Gasteiger partial charge in [0.2, 0.25) is 5.91 Å². The Hall–Kier alpha value is -1.66. The maximum Gasteiger partial charge on any atom is 0.305 e. The van der Waals surface area contributed by atoms with Crippen molar-refractivity contribution in [2.24, 2.45) is 0 Å². The molecule has 64 heavy (non-hydrogen) atoms. The Labute approximate surface area is 399 Å². The van der Waals surface area contributed by atoms with Crippen LogP contribution in [0.5, 0.6) is 0 Å². The summed E-state index contributed by atoms with van der Waals surface area (Å²) in [7, 11) is 0. The maximum absolute atomic E-state index is 12.4. The van der Waals surface area contributed by atoms with Crippen molar-refractivity contribution in [3.05, 3.63) is 24.3 Å². The van der Waals surface area contributed by atoms with Crippen LogP contribution >= 0.6 is 0 Å². The normalized spacial score (nSPS) is 12.8. The lowest BCUT2D eigenvalue weighted by atomic mass is 10.0. The van der Waals surface area contributed by atoms with Crippen molar-refractivity contribution < 1.29 is 24.5 Å². The third-order valence-electron chi connectivity index (χ3n) is 13.2. The average Bonchev–Trinajstić information content (AvgIpc) is 3.29. The Kier molecular flexibility index (Phi) is 52.6. The molecule has 378 valence electrons. The Balaban J connectivity index is 3.44. The second-order valence-corrected chi connectivity index (χ2v) is 19.6. The number of amides is 1. The lowest BCUT2D eigenvalue weighted by Gasteiger charge is -2.20. The molecular formula is C58H111NO5. The summed E-state index contributed by atoms with van der Waals surface area (Å²) in [4.78, 5) is 24.5. The molecule has 0 saturated heterocycles. The Morgan fingerprint density at radius 3 is 1.11 bits per heavy atom. The molecule has 0 rings (SSSR count). The Morgan fingerprint density at radius 2 is 0.734 bits per heavy atom. The van der Waals surface area contributed by atoms with Crippen LogP contribution in [-0.2, 0) is 14.3 Å². The van der Waals surface area contributed by atoms with E-state index in [4.69, 9.17) is 4.74 Å². The second-order valence-electron chi connectivity index (χ2n) is 19.6. The molecule has 0 aliphatic carbocycles. The van der Waals surface area contributed by atoms with Crippen LogP contribution in [0.25, 0.3) is 0 Å². The van der Waals surface area contributed by atoms with Gasteiger partial charge < -0.3 is 20.3 Å².